The third kappa shape index (κ3) is 3.03. The summed E-state index contributed by atoms with van der Waals surface area (Å²) in [4.78, 5) is 0. The predicted octanol–water partition coefficient (Wildman–Crippen LogP) is 3.00. The van der Waals surface area contributed by atoms with Gasteiger partial charge in [-0.15, -0.1) is 0 Å². The Balaban J connectivity index is 3.09. The molecule has 1 aromatic carbocycles. The molecule has 0 aliphatic rings. The van der Waals surface area contributed by atoms with Crippen LogP contribution < -0.4 is 0 Å². The van der Waals surface area contributed by atoms with Gasteiger partial charge >= 0.3 is 0 Å². The highest BCUT2D eigenvalue weighted by Gasteiger charge is 2.22. The van der Waals surface area contributed by atoms with Crippen molar-refractivity contribution in [1.29, 1.82) is 0 Å². The van der Waals surface area contributed by atoms with Crippen LogP contribution in [-0.2, 0) is 19.8 Å². The van der Waals surface area contributed by atoms with Gasteiger partial charge in [-0.25, -0.2) is 4.39 Å². The summed E-state index contributed by atoms with van der Waals surface area (Å²) < 4.78 is 29.3. The highest BCUT2D eigenvalue weighted by molar-refractivity contribution is 5.28. The molecule has 0 bridgehead atoms. The molecule has 0 saturated carbocycles. The number of hydrogen-bond acceptors (Lipinski definition) is 3. The predicted molar refractivity (Wildman–Crippen MR) is 63.2 cm³/mol. The van der Waals surface area contributed by atoms with E-state index < -0.39 is 11.9 Å². The number of halogens is 1. The number of rotatable bonds is 5. The molecule has 0 aromatic heterocycles. The van der Waals surface area contributed by atoms with Crippen LogP contribution in [0.2, 0.25) is 0 Å². The van der Waals surface area contributed by atoms with Gasteiger partial charge in [0.05, 0.1) is 5.60 Å². The Bertz CT molecular complexity index is 373. The molecule has 0 aliphatic carbocycles. The molecule has 0 spiro atoms. The summed E-state index contributed by atoms with van der Waals surface area (Å²) >= 11 is 0. The van der Waals surface area contributed by atoms with E-state index >= 15 is 0 Å². The Morgan fingerprint density at radius 1 is 1.12 bits per heavy atom. The zero-order valence-corrected chi connectivity index (χ0v) is 10.9. The maximum absolute atomic E-state index is 13.9. The average Bonchev–Trinajstić information content (AvgIpc) is 2.32. The van der Waals surface area contributed by atoms with Crippen molar-refractivity contribution in [3.63, 3.8) is 0 Å². The first kappa shape index (κ1) is 14.1. The van der Waals surface area contributed by atoms with Crippen LogP contribution in [0.5, 0.6) is 0 Å². The average molecular weight is 242 g/mol. The lowest BCUT2D eigenvalue weighted by Crippen LogP contribution is -2.20. The van der Waals surface area contributed by atoms with E-state index in [1.165, 1.54) is 20.3 Å². The normalized spacial score (nSPS) is 12.2. The van der Waals surface area contributed by atoms with Crippen LogP contribution in [0.3, 0.4) is 0 Å². The molecule has 4 heteroatoms. The van der Waals surface area contributed by atoms with Crippen LogP contribution in [0.1, 0.15) is 31.3 Å². The summed E-state index contributed by atoms with van der Waals surface area (Å²) in [5.74, 6) is -0.360. The van der Waals surface area contributed by atoms with E-state index in [-0.39, 0.29) is 5.82 Å². The summed E-state index contributed by atoms with van der Waals surface area (Å²) in [5, 5.41) is 0. The molecular weight excluding hydrogens is 223 g/mol. The second-order valence-electron chi connectivity index (χ2n) is 4.25. The molecule has 0 atom stereocenters. The van der Waals surface area contributed by atoms with Crippen molar-refractivity contribution in [1.82, 2.24) is 0 Å². The van der Waals surface area contributed by atoms with Crippen LogP contribution >= 0.6 is 0 Å². The van der Waals surface area contributed by atoms with Crippen molar-refractivity contribution in [2.45, 2.75) is 25.7 Å². The monoisotopic (exact) mass is 242 g/mol. The molecule has 0 N–H and O–H groups in total. The number of ether oxygens (including phenoxy) is 3. The molecule has 17 heavy (non-hydrogen) atoms. The van der Waals surface area contributed by atoms with Crippen molar-refractivity contribution in [2.75, 3.05) is 21.3 Å². The van der Waals surface area contributed by atoms with Gasteiger partial charge in [0, 0.05) is 26.9 Å². The lowest BCUT2D eigenvalue weighted by atomic mass is 9.96. The number of hydrogen-bond donors (Lipinski definition) is 0. The van der Waals surface area contributed by atoms with Gasteiger partial charge in [-0.3, -0.25) is 0 Å². The lowest BCUT2D eigenvalue weighted by molar-refractivity contribution is -0.107. The van der Waals surface area contributed by atoms with Crippen molar-refractivity contribution in [2.24, 2.45) is 0 Å². The summed E-state index contributed by atoms with van der Waals surface area (Å²) in [6, 6.07) is 4.92. The Morgan fingerprint density at radius 2 is 1.71 bits per heavy atom. The minimum absolute atomic E-state index is 0.360. The topological polar surface area (TPSA) is 27.7 Å². The quantitative estimate of drug-likeness (QED) is 0.743. The first-order valence-electron chi connectivity index (χ1n) is 5.37. The Labute approximate surface area is 101 Å². The fourth-order valence-corrected chi connectivity index (χ4v) is 1.56. The molecule has 1 aromatic rings. The second-order valence-corrected chi connectivity index (χ2v) is 4.25. The highest BCUT2D eigenvalue weighted by Crippen LogP contribution is 2.28. The summed E-state index contributed by atoms with van der Waals surface area (Å²) in [5.41, 5.74) is 0.632. The SMILES string of the molecule is COC(OC)c1ccc(C(C)(C)OC)cc1F. The molecule has 0 amide bonds. The molecule has 0 fully saturated rings. The largest absolute Gasteiger partial charge is 0.374 e. The van der Waals surface area contributed by atoms with Gasteiger partial charge in [-0.1, -0.05) is 12.1 Å². The number of methoxy groups -OCH3 is 3. The van der Waals surface area contributed by atoms with Crippen molar-refractivity contribution in [3.8, 4) is 0 Å². The van der Waals surface area contributed by atoms with Gasteiger partial charge < -0.3 is 14.2 Å². The summed E-state index contributed by atoms with van der Waals surface area (Å²) in [7, 11) is 4.54. The Morgan fingerprint density at radius 3 is 2.12 bits per heavy atom. The minimum atomic E-state index is -0.685. The maximum atomic E-state index is 13.9. The van der Waals surface area contributed by atoms with Crippen LogP contribution in [0.25, 0.3) is 0 Å². The van der Waals surface area contributed by atoms with Crippen LogP contribution in [0, 0.1) is 5.82 Å². The lowest BCUT2D eigenvalue weighted by Gasteiger charge is -2.24. The third-order valence-corrected chi connectivity index (χ3v) is 2.89. The van der Waals surface area contributed by atoms with E-state index in [4.69, 9.17) is 14.2 Å². The Hall–Kier alpha value is -0.970. The fourth-order valence-electron chi connectivity index (χ4n) is 1.56. The Kier molecular flexibility index (Phi) is 4.62. The van der Waals surface area contributed by atoms with Crippen molar-refractivity contribution in [3.05, 3.63) is 35.1 Å². The molecular formula is C13H19FO3. The maximum Gasteiger partial charge on any atom is 0.185 e. The molecule has 0 radical (unpaired) electrons. The van der Waals surface area contributed by atoms with Crippen LogP contribution in [0.15, 0.2) is 18.2 Å². The molecule has 1 rings (SSSR count). The second kappa shape index (κ2) is 5.58. The van der Waals surface area contributed by atoms with Gasteiger partial charge in [0.15, 0.2) is 6.29 Å². The van der Waals surface area contributed by atoms with Gasteiger partial charge in [0.25, 0.3) is 0 Å². The molecule has 0 aliphatic heterocycles. The van der Waals surface area contributed by atoms with E-state index in [0.717, 1.165) is 5.56 Å². The van der Waals surface area contributed by atoms with Gasteiger partial charge in [-0.2, -0.15) is 0 Å². The zero-order valence-electron chi connectivity index (χ0n) is 10.9. The number of benzene rings is 1. The smallest absolute Gasteiger partial charge is 0.185 e. The van der Waals surface area contributed by atoms with Crippen molar-refractivity contribution < 1.29 is 18.6 Å². The molecule has 0 unspecified atom stereocenters. The van der Waals surface area contributed by atoms with E-state index in [1.807, 2.05) is 19.9 Å². The van der Waals surface area contributed by atoms with Crippen LogP contribution in [-0.4, -0.2) is 21.3 Å². The molecule has 0 saturated heterocycles. The zero-order chi connectivity index (χ0) is 13.1. The van der Waals surface area contributed by atoms with Gasteiger partial charge in [-0.05, 0) is 25.5 Å². The van der Waals surface area contributed by atoms with E-state index in [2.05, 4.69) is 0 Å². The fraction of sp³-hybridized carbons (Fsp3) is 0.538. The third-order valence-electron chi connectivity index (χ3n) is 2.89. The van der Waals surface area contributed by atoms with E-state index in [0.29, 0.717) is 5.56 Å². The molecule has 3 nitrogen and oxygen atoms in total. The highest BCUT2D eigenvalue weighted by atomic mass is 19.1. The standard InChI is InChI=1S/C13H19FO3/c1-13(2,17-5)9-6-7-10(11(14)8-9)12(15-3)16-4/h6-8,12H,1-5H3. The van der Waals surface area contributed by atoms with Gasteiger partial charge in [0.1, 0.15) is 5.82 Å². The van der Waals surface area contributed by atoms with E-state index in [9.17, 15) is 4.39 Å². The summed E-state index contributed by atoms with van der Waals surface area (Å²) in [6.45, 7) is 3.76. The van der Waals surface area contributed by atoms with Crippen molar-refractivity contribution >= 4 is 0 Å². The first-order chi connectivity index (χ1) is 7.96. The van der Waals surface area contributed by atoms with Gasteiger partial charge in [0.2, 0.25) is 0 Å². The van der Waals surface area contributed by atoms with Crippen LogP contribution in [0.4, 0.5) is 4.39 Å². The molecule has 0 heterocycles. The summed E-state index contributed by atoms with van der Waals surface area (Å²) in [6.07, 6.45) is -0.685. The van der Waals surface area contributed by atoms with E-state index in [1.54, 1.807) is 13.2 Å². The minimum Gasteiger partial charge on any atom is -0.374 e. The first-order valence-corrected chi connectivity index (χ1v) is 5.37. The molecule has 96 valence electrons.